The second-order valence-electron chi connectivity index (χ2n) is 7.43. The number of fused-ring (bicyclic) bond motifs is 3. The Labute approximate surface area is 182 Å². The molecule has 2 N–H and O–H groups in total. The van der Waals surface area contributed by atoms with Crippen molar-refractivity contribution in [2.75, 3.05) is 12.4 Å². The number of carbonyl (C=O) groups excluding carboxylic acids is 1. The van der Waals surface area contributed by atoms with E-state index in [-0.39, 0.29) is 17.1 Å². The first-order valence-corrected chi connectivity index (χ1v) is 10.0. The molecule has 7 nitrogen and oxygen atoms in total. The smallest absolute Gasteiger partial charge is 0.344 e. The standard InChI is InChI=1S/C25H19NO6/c1-30-19-12-11-14(13-17(19)27)20-21-22(16-9-5-6-10-18(16)31-25(21)29)32-23(20)24(28)26-15-7-3-2-4-8-15/h2-13,20,23,27H,1H3,(H,26,28)/t20-,23-/m1/s1. The van der Waals surface area contributed by atoms with E-state index >= 15 is 0 Å². The Morgan fingerprint density at radius 1 is 1.03 bits per heavy atom. The molecule has 1 aliphatic rings. The molecule has 5 rings (SSSR count). The van der Waals surface area contributed by atoms with E-state index < -0.39 is 23.6 Å². The average molecular weight is 429 g/mol. The summed E-state index contributed by atoms with van der Waals surface area (Å²) >= 11 is 0. The average Bonchev–Trinajstić information content (AvgIpc) is 3.22. The van der Waals surface area contributed by atoms with Gasteiger partial charge in [-0.3, -0.25) is 4.79 Å². The minimum Gasteiger partial charge on any atom is -0.504 e. The van der Waals surface area contributed by atoms with Crippen LogP contribution in [-0.4, -0.2) is 24.2 Å². The zero-order chi connectivity index (χ0) is 22.2. The van der Waals surface area contributed by atoms with Crippen LogP contribution in [0.5, 0.6) is 17.2 Å². The van der Waals surface area contributed by atoms with E-state index in [1.807, 2.05) is 6.07 Å². The summed E-state index contributed by atoms with van der Waals surface area (Å²) in [5.74, 6) is -0.720. The summed E-state index contributed by atoms with van der Waals surface area (Å²) in [4.78, 5) is 26.2. The SMILES string of the molecule is COc1ccc([C@@H]2c3c(c4ccccc4oc3=O)O[C@H]2C(=O)Nc2ccccc2)cc1O. The maximum atomic E-state index is 13.3. The largest absolute Gasteiger partial charge is 0.504 e. The molecule has 0 unspecified atom stereocenters. The van der Waals surface area contributed by atoms with Gasteiger partial charge in [0.05, 0.1) is 24.0 Å². The number of ether oxygens (including phenoxy) is 2. The number of benzene rings is 3. The van der Waals surface area contributed by atoms with Gasteiger partial charge in [-0.2, -0.15) is 0 Å². The molecular formula is C25H19NO6. The number of phenols is 1. The van der Waals surface area contributed by atoms with Gasteiger partial charge in [0.2, 0.25) is 0 Å². The summed E-state index contributed by atoms with van der Waals surface area (Å²) in [5, 5.41) is 13.8. The molecule has 0 bridgehead atoms. The molecule has 1 aromatic heterocycles. The summed E-state index contributed by atoms with van der Waals surface area (Å²) < 4.78 is 16.8. The third-order valence-corrected chi connectivity index (χ3v) is 5.52. The molecule has 1 amide bonds. The van der Waals surface area contributed by atoms with Crippen LogP contribution in [0.1, 0.15) is 17.0 Å². The van der Waals surface area contributed by atoms with Gasteiger partial charge in [-0.15, -0.1) is 0 Å². The number of phenolic OH excluding ortho intramolecular Hbond substituents is 1. The number of rotatable bonds is 4. The van der Waals surface area contributed by atoms with Crippen molar-refractivity contribution in [3.05, 3.63) is 94.3 Å². The summed E-state index contributed by atoms with van der Waals surface area (Å²) in [5.41, 5.74) is 1.15. The molecule has 0 aliphatic carbocycles. The predicted octanol–water partition coefficient (Wildman–Crippen LogP) is 4.04. The molecule has 0 saturated heterocycles. The molecular weight excluding hydrogens is 410 g/mol. The fraction of sp³-hybridized carbons (Fsp3) is 0.120. The molecule has 0 fully saturated rings. The van der Waals surface area contributed by atoms with Crippen molar-refractivity contribution in [1.29, 1.82) is 0 Å². The number of para-hydroxylation sites is 2. The molecule has 2 atom stereocenters. The highest BCUT2D eigenvalue weighted by Gasteiger charge is 2.44. The first-order chi connectivity index (χ1) is 15.6. The Hall–Kier alpha value is -4.26. The second-order valence-corrected chi connectivity index (χ2v) is 7.43. The minimum absolute atomic E-state index is 0.106. The number of aromatic hydroxyl groups is 1. The van der Waals surface area contributed by atoms with Crippen LogP contribution in [-0.2, 0) is 4.79 Å². The van der Waals surface area contributed by atoms with Crippen molar-refractivity contribution >= 4 is 22.6 Å². The number of hydrogen-bond donors (Lipinski definition) is 2. The lowest BCUT2D eigenvalue weighted by Gasteiger charge is -2.19. The fourth-order valence-corrected chi connectivity index (χ4v) is 4.06. The van der Waals surface area contributed by atoms with Gasteiger partial charge in [-0.25, -0.2) is 4.79 Å². The number of hydrogen-bond acceptors (Lipinski definition) is 6. The lowest BCUT2D eigenvalue weighted by Crippen LogP contribution is -2.35. The van der Waals surface area contributed by atoms with E-state index in [2.05, 4.69) is 5.32 Å². The van der Waals surface area contributed by atoms with E-state index in [1.54, 1.807) is 60.7 Å². The second kappa shape index (κ2) is 7.77. The van der Waals surface area contributed by atoms with Gasteiger partial charge in [0.1, 0.15) is 11.3 Å². The van der Waals surface area contributed by atoms with E-state index in [1.165, 1.54) is 13.2 Å². The molecule has 0 spiro atoms. The molecule has 0 saturated carbocycles. The van der Waals surface area contributed by atoms with Crippen LogP contribution in [0.25, 0.3) is 11.0 Å². The van der Waals surface area contributed by atoms with Gasteiger partial charge in [-0.05, 0) is 42.0 Å². The third-order valence-electron chi connectivity index (χ3n) is 5.52. The highest BCUT2D eigenvalue weighted by Crippen LogP contribution is 2.45. The van der Waals surface area contributed by atoms with E-state index in [4.69, 9.17) is 13.9 Å². The summed E-state index contributed by atoms with van der Waals surface area (Å²) in [6.45, 7) is 0. The van der Waals surface area contributed by atoms with Gasteiger partial charge >= 0.3 is 5.63 Å². The van der Waals surface area contributed by atoms with E-state index in [0.29, 0.717) is 28.0 Å². The third kappa shape index (κ3) is 3.24. The quantitative estimate of drug-likeness (QED) is 0.475. The van der Waals surface area contributed by atoms with E-state index in [9.17, 15) is 14.7 Å². The van der Waals surface area contributed by atoms with Crippen molar-refractivity contribution in [1.82, 2.24) is 0 Å². The lowest BCUT2D eigenvalue weighted by molar-refractivity contribution is -0.122. The normalized spacial score (nSPS) is 16.9. The van der Waals surface area contributed by atoms with E-state index in [0.717, 1.165) is 0 Å². The summed E-state index contributed by atoms with van der Waals surface area (Å²) in [7, 11) is 1.44. The van der Waals surface area contributed by atoms with Gasteiger partial charge < -0.3 is 24.3 Å². The molecule has 1 aliphatic heterocycles. The van der Waals surface area contributed by atoms with Crippen LogP contribution in [0.4, 0.5) is 5.69 Å². The molecule has 3 aromatic carbocycles. The molecule has 0 radical (unpaired) electrons. The monoisotopic (exact) mass is 429 g/mol. The Balaban J connectivity index is 1.66. The van der Waals surface area contributed by atoms with Crippen molar-refractivity contribution in [2.45, 2.75) is 12.0 Å². The Bertz CT molecular complexity index is 1380. The van der Waals surface area contributed by atoms with Crippen molar-refractivity contribution in [2.24, 2.45) is 0 Å². The number of anilines is 1. The molecule has 32 heavy (non-hydrogen) atoms. The number of carbonyl (C=O) groups is 1. The molecule has 2 heterocycles. The lowest BCUT2D eigenvalue weighted by atomic mass is 9.88. The Morgan fingerprint density at radius 3 is 2.53 bits per heavy atom. The maximum Gasteiger partial charge on any atom is 0.344 e. The van der Waals surface area contributed by atoms with Crippen LogP contribution < -0.4 is 20.4 Å². The first kappa shape index (κ1) is 19.7. The van der Waals surface area contributed by atoms with Crippen LogP contribution in [0, 0.1) is 0 Å². The van der Waals surface area contributed by atoms with Gasteiger partial charge in [0, 0.05) is 5.69 Å². The zero-order valence-electron chi connectivity index (χ0n) is 17.1. The van der Waals surface area contributed by atoms with Gasteiger partial charge in [0.15, 0.2) is 17.6 Å². The number of amides is 1. The summed E-state index contributed by atoms with van der Waals surface area (Å²) in [6, 6.07) is 20.7. The van der Waals surface area contributed by atoms with Crippen molar-refractivity contribution < 1.29 is 23.8 Å². The first-order valence-electron chi connectivity index (χ1n) is 10.0. The van der Waals surface area contributed by atoms with Crippen LogP contribution in [0.15, 0.2) is 82.0 Å². The van der Waals surface area contributed by atoms with Crippen molar-refractivity contribution in [3.8, 4) is 17.2 Å². The topological polar surface area (TPSA) is 98.0 Å². The van der Waals surface area contributed by atoms with Crippen LogP contribution in [0.2, 0.25) is 0 Å². The Morgan fingerprint density at radius 2 is 1.78 bits per heavy atom. The fourth-order valence-electron chi connectivity index (χ4n) is 4.06. The van der Waals surface area contributed by atoms with Gasteiger partial charge in [-0.1, -0.05) is 36.4 Å². The highest BCUT2D eigenvalue weighted by molar-refractivity contribution is 5.97. The molecule has 160 valence electrons. The van der Waals surface area contributed by atoms with Gasteiger partial charge in [0.25, 0.3) is 5.91 Å². The maximum absolute atomic E-state index is 13.3. The number of methoxy groups -OCH3 is 1. The number of nitrogens with one attached hydrogen (secondary N) is 1. The van der Waals surface area contributed by atoms with Crippen LogP contribution >= 0.6 is 0 Å². The zero-order valence-corrected chi connectivity index (χ0v) is 17.1. The predicted molar refractivity (Wildman–Crippen MR) is 118 cm³/mol. The molecule has 7 heteroatoms. The Kier molecular flexibility index (Phi) is 4.78. The summed E-state index contributed by atoms with van der Waals surface area (Å²) in [6.07, 6.45) is -1.05. The minimum atomic E-state index is -1.05. The highest BCUT2D eigenvalue weighted by atomic mass is 16.5. The molecule has 4 aromatic rings. The van der Waals surface area contributed by atoms with Crippen molar-refractivity contribution in [3.63, 3.8) is 0 Å². The van der Waals surface area contributed by atoms with Crippen LogP contribution in [0.3, 0.4) is 0 Å².